The number of fused-ring (bicyclic) bond motifs is 1. The molecule has 1 aromatic carbocycles. The van der Waals surface area contributed by atoms with Crippen LogP contribution >= 0.6 is 0 Å². The molecule has 2 N–H and O–H groups in total. The Bertz CT molecular complexity index is 538. The Hall–Kier alpha value is -2.04. The summed E-state index contributed by atoms with van der Waals surface area (Å²) >= 11 is 0. The largest absolute Gasteiger partial charge is 0.478 e. The van der Waals surface area contributed by atoms with Crippen molar-refractivity contribution in [2.75, 3.05) is 6.54 Å². The molecule has 0 fully saturated rings. The minimum atomic E-state index is -0.936. The van der Waals surface area contributed by atoms with Gasteiger partial charge in [0.05, 0.1) is 5.56 Å². The van der Waals surface area contributed by atoms with E-state index >= 15 is 0 Å². The number of amides is 2. The zero-order valence-corrected chi connectivity index (χ0v) is 12.6. The summed E-state index contributed by atoms with van der Waals surface area (Å²) in [5, 5.41) is 12.0. The van der Waals surface area contributed by atoms with Gasteiger partial charge >= 0.3 is 12.0 Å². The van der Waals surface area contributed by atoms with Gasteiger partial charge in [-0.25, -0.2) is 9.59 Å². The third-order valence-electron chi connectivity index (χ3n) is 4.16. The number of carboxylic acids is 1. The van der Waals surface area contributed by atoms with Crippen molar-refractivity contribution in [3.63, 3.8) is 0 Å². The van der Waals surface area contributed by atoms with E-state index in [0.717, 1.165) is 24.0 Å². The van der Waals surface area contributed by atoms with Crippen molar-refractivity contribution in [1.29, 1.82) is 0 Å². The van der Waals surface area contributed by atoms with Gasteiger partial charge in [0.2, 0.25) is 0 Å². The Morgan fingerprint density at radius 3 is 2.52 bits per heavy atom. The number of aromatic carboxylic acids is 1. The molecular weight excluding hydrogens is 268 g/mol. The van der Waals surface area contributed by atoms with Gasteiger partial charge in [-0.1, -0.05) is 32.8 Å². The third kappa shape index (κ3) is 3.54. The Morgan fingerprint density at radius 1 is 1.24 bits per heavy atom. The van der Waals surface area contributed by atoms with Crippen LogP contribution in [0, 0.1) is 5.92 Å². The molecule has 0 saturated carbocycles. The van der Waals surface area contributed by atoms with Crippen molar-refractivity contribution in [3.05, 3.63) is 34.9 Å². The summed E-state index contributed by atoms with van der Waals surface area (Å²) in [5.41, 5.74) is 2.22. The van der Waals surface area contributed by atoms with Gasteiger partial charge < -0.3 is 15.3 Å². The molecule has 2 rings (SSSR count). The normalized spacial score (nSPS) is 13.4. The quantitative estimate of drug-likeness (QED) is 0.876. The topological polar surface area (TPSA) is 69.6 Å². The molecule has 1 aliphatic rings. The zero-order valence-electron chi connectivity index (χ0n) is 12.6. The predicted octanol–water partition coefficient (Wildman–Crippen LogP) is 2.85. The van der Waals surface area contributed by atoms with Crippen LogP contribution in [0.15, 0.2) is 18.2 Å². The monoisotopic (exact) mass is 290 g/mol. The van der Waals surface area contributed by atoms with E-state index in [4.69, 9.17) is 5.11 Å². The predicted molar refractivity (Wildman–Crippen MR) is 80.1 cm³/mol. The standard InChI is InChI=1S/C16H22N2O3/c1-3-11(4-2)8-17-16(21)18-9-13-6-5-12(15(19)20)7-14(13)10-18/h5-7,11H,3-4,8-10H2,1-2H3,(H,17,21)(H,19,20). The number of carbonyl (C=O) groups excluding carboxylic acids is 1. The molecule has 1 heterocycles. The lowest BCUT2D eigenvalue weighted by atomic mass is 10.0. The first-order valence-corrected chi connectivity index (χ1v) is 7.43. The first kappa shape index (κ1) is 15.4. The van der Waals surface area contributed by atoms with Crippen LogP contribution in [0.1, 0.15) is 48.2 Å². The van der Waals surface area contributed by atoms with Crippen molar-refractivity contribution in [2.24, 2.45) is 5.92 Å². The fraction of sp³-hybridized carbons (Fsp3) is 0.500. The van der Waals surface area contributed by atoms with Gasteiger partial charge in [0.1, 0.15) is 0 Å². The molecule has 114 valence electrons. The minimum absolute atomic E-state index is 0.0741. The Balaban J connectivity index is 1.96. The molecule has 5 nitrogen and oxygen atoms in total. The molecular formula is C16H22N2O3. The van der Waals surface area contributed by atoms with Crippen LogP contribution in [0.4, 0.5) is 4.79 Å². The van der Waals surface area contributed by atoms with Crippen LogP contribution in [0.3, 0.4) is 0 Å². The summed E-state index contributed by atoms with van der Waals surface area (Å²) in [6.45, 7) is 5.97. The maximum Gasteiger partial charge on any atom is 0.335 e. The molecule has 0 aromatic heterocycles. The molecule has 0 spiro atoms. The summed E-state index contributed by atoms with van der Waals surface area (Å²) in [6, 6.07) is 4.97. The van der Waals surface area contributed by atoms with Crippen molar-refractivity contribution in [2.45, 2.75) is 39.8 Å². The average molecular weight is 290 g/mol. The van der Waals surface area contributed by atoms with Gasteiger partial charge in [0, 0.05) is 19.6 Å². The minimum Gasteiger partial charge on any atom is -0.478 e. The number of nitrogens with one attached hydrogen (secondary N) is 1. The molecule has 21 heavy (non-hydrogen) atoms. The summed E-state index contributed by atoms with van der Waals surface area (Å²) in [4.78, 5) is 24.9. The van der Waals surface area contributed by atoms with Gasteiger partial charge in [0.25, 0.3) is 0 Å². The second kappa shape index (κ2) is 6.61. The number of urea groups is 1. The number of hydrogen-bond acceptors (Lipinski definition) is 2. The van der Waals surface area contributed by atoms with E-state index in [0.29, 0.717) is 25.6 Å². The number of rotatable bonds is 5. The number of hydrogen-bond donors (Lipinski definition) is 2. The number of benzene rings is 1. The highest BCUT2D eigenvalue weighted by molar-refractivity contribution is 5.88. The highest BCUT2D eigenvalue weighted by Gasteiger charge is 2.24. The number of carbonyl (C=O) groups is 2. The smallest absolute Gasteiger partial charge is 0.335 e. The van der Waals surface area contributed by atoms with Crippen LogP contribution in [-0.4, -0.2) is 28.6 Å². The fourth-order valence-electron chi connectivity index (χ4n) is 2.59. The fourth-order valence-corrected chi connectivity index (χ4v) is 2.59. The van der Waals surface area contributed by atoms with Crippen LogP contribution in [-0.2, 0) is 13.1 Å². The van der Waals surface area contributed by atoms with Gasteiger partial charge in [-0.15, -0.1) is 0 Å². The lowest BCUT2D eigenvalue weighted by Crippen LogP contribution is -2.38. The average Bonchev–Trinajstić information content (AvgIpc) is 2.91. The SMILES string of the molecule is CCC(CC)CNC(=O)N1Cc2ccc(C(=O)O)cc2C1. The molecule has 0 aliphatic carbocycles. The Kier molecular flexibility index (Phi) is 4.83. The van der Waals surface area contributed by atoms with E-state index in [9.17, 15) is 9.59 Å². The van der Waals surface area contributed by atoms with E-state index in [-0.39, 0.29) is 11.6 Å². The van der Waals surface area contributed by atoms with Crippen molar-refractivity contribution < 1.29 is 14.7 Å². The van der Waals surface area contributed by atoms with Gasteiger partial charge in [-0.2, -0.15) is 0 Å². The molecule has 1 aromatic rings. The maximum atomic E-state index is 12.2. The van der Waals surface area contributed by atoms with E-state index in [2.05, 4.69) is 19.2 Å². The van der Waals surface area contributed by atoms with Crippen LogP contribution in [0.25, 0.3) is 0 Å². The first-order chi connectivity index (χ1) is 10.0. The summed E-state index contributed by atoms with van der Waals surface area (Å²) in [5.74, 6) is -0.424. The highest BCUT2D eigenvalue weighted by Crippen LogP contribution is 2.24. The lowest BCUT2D eigenvalue weighted by Gasteiger charge is -2.19. The summed E-state index contributed by atoms with van der Waals surface area (Å²) in [7, 11) is 0. The van der Waals surface area contributed by atoms with Crippen LogP contribution in [0.2, 0.25) is 0 Å². The van der Waals surface area contributed by atoms with Gasteiger partial charge in [-0.05, 0) is 29.2 Å². The first-order valence-electron chi connectivity index (χ1n) is 7.43. The maximum absolute atomic E-state index is 12.2. The molecule has 0 unspecified atom stereocenters. The van der Waals surface area contributed by atoms with Gasteiger partial charge in [0.15, 0.2) is 0 Å². The van der Waals surface area contributed by atoms with E-state index < -0.39 is 5.97 Å². The Morgan fingerprint density at radius 2 is 1.90 bits per heavy atom. The highest BCUT2D eigenvalue weighted by atomic mass is 16.4. The van der Waals surface area contributed by atoms with E-state index in [1.54, 1.807) is 23.1 Å². The summed E-state index contributed by atoms with van der Waals surface area (Å²) in [6.07, 6.45) is 2.11. The molecule has 5 heteroatoms. The number of carboxylic acid groups (broad SMARTS) is 1. The molecule has 1 aliphatic heterocycles. The second-order valence-corrected chi connectivity index (χ2v) is 5.51. The van der Waals surface area contributed by atoms with Crippen LogP contribution < -0.4 is 5.32 Å². The molecule has 0 atom stereocenters. The van der Waals surface area contributed by atoms with Crippen molar-refractivity contribution in [1.82, 2.24) is 10.2 Å². The molecule has 0 bridgehead atoms. The van der Waals surface area contributed by atoms with E-state index in [1.807, 2.05) is 0 Å². The van der Waals surface area contributed by atoms with Crippen molar-refractivity contribution >= 4 is 12.0 Å². The van der Waals surface area contributed by atoms with Gasteiger partial charge in [-0.3, -0.25) is 0 Å². The Labute approximate surface area is 125 Å². The zero-order chi connectivity index (χ0) is 15.4. The van der Waals surface area contributed by atoms with Crippen molar-refractivity contribution in [3.8, 4) is 0 Å². The van der Waals surface area contributed by atoms with Crippen LogP contribution in [0.5, 0.6) is 0 Å². The second-order valence-electron chi connectivity index (χ2n) is 5.51. The molecule has 2 amide bonds. The molecule has 0 radical (unpaired) electrons. The third-order valence-corrected chi connectivity index (χ3v) is 4.16. The molecule has 0 saturated heterocycles. The number of nitrogens with zero attached hydrogens (tertiary/aromatic N) is 1. The lowest BCUT2D eigenvalue weighted by molar-refractivity contribution is 0.0696. The van der Waals surface area contributed by atoms with E-state index in [1.165, 1.54) is 0 Å². The summed E-state index contributed by atoms with van der Waals surface area (Å²) < 4.78 is 0.